The third-order valence-electron chi connectivity index (χ3n) is 6.98. The van der Waals surface area contributed by atoms with Crippen LogP contribution in [0, 0.1) is 5.82 Å². The fraction of sp³-hybridized carbons (Fsp3) is 0.226. The molecule has 0 atom stereocenters. The lowest BCUT2D eigenvalue weighted by atomic mass is 9.94. The normalized spacial score (nSPS) is 13.4. The Morgan fingerprint density at radius 3 is 2.74 bits per heavy atom. The van der Waals surface area contributed by atoms with Crippen LogP contribution in [0.1, 0.15) is 23.2 Å². The topological polar surface area (TPSA) is 69.3 Å². The first-order valence-electron chi connectivity index (χ1n) is 12.9. The van der Waals surface area contributed by atoms with E-state index in [1.807, 2.05) is 49.6 Å². The molecule has 0 spiro atoms. The SMILES string of the molecule is CN(C)CCOc1cc(F)cc(-c2cccc3[nH]c(C4=NCCCc5ccc(-c6cn[nH]c6)cc54)cc23)c1. The summed E-state index contributed by atoms with van der Waals surface area (Å²) in [6, 6.07) is 19.7. The highest BCUT2D eigenvalue weighted by molar-refractivity contribution is 6.16. The summed E-state index contributed by atoms with van der Waals surface area (Å²) in [7, 11) is 3.97. The van der Waals surface area contributed by atoms with E-state index in [1.54, 1.807) is 6.07 Å². The Hall–Kier alpha value is -4.23. The van der Waals surface area contributed by atoms with Crippen LogP contribution in [0.4, 0.5) is 4.39 Å². The molecule has 0 aliphatic carbocycles. The van der Waals surface area contributed by atoms with Crippen molar-refractivity contribution in [2.75, 3.05) is 33.8 Å². The number of nitrogens with one attached hydrogen (secondary N) is 2. The summed E-state index contributed by atoms with van der Waals surface area (Å²) in [6.45, 7) is 2.02. The lowest BCUT2D eigenvalue weighted by Gasteiger charge is -2.12. The number of aromatic amines is 2. The van der Waals surface area contributed by atoms with Gasteiger partial charge in [0.1, 0.15) is 18.2 Å². The maximum Gasteiger partial charge on any atom is 0.127 e. The van der Waals surface area contributed by atoms with Crippen molar-refractivity contribution in [3.8, 4) is 28.0 Å². The molecule has 6 nitrogen and oxygen atoms in total. The van der Waals surface area contributed by atoms with Crippen LogP contribution in [-0.2, 0) is 6.42 Å². The van der Waals surface area contributed by atoms with E-state index in [2.05, 4.69) is 45.5 Å². The molecule has 2 N–H and O–H groups in total. The molecule has 0 saturated carbocycles. The summed E-state index contributed by atoms with van der Waals surface area (Å²) in [5.41, 5.74) is 9.20. The molecule has 2 aromatic heterocycles. The molecule has 0 saturated heterocycles. The fourth-order valence-electron chi connectivity index (χ4n) is 5.06. The average molecular weight is 508 g/mol. The molecular formula is C31H30FN5O. The Morgan fingerprint density at radius 2 is 1.89 bits per heavy atom. The highest BCUT2D eigenvalue weighted by Gasteiger charge is 2.19. The molecule has 6 rings (SSSR count). The summed E-state index contributed by atoms with van der Waals surface area (Å²) in [5.74, 6) is 0.215. The number of aryl methyl sites for hydroxylation is 1. The van der Waals surface area contributed by atoms with E-state index >= 15 is 0 Å². The van der Waals surface area contributed by atoms with E-state index in [9.17, 15) is 4.39 Å². The molecule has 0 bridgehead atoms. The number of halogens is 1. The lowest BCUT2D eigenvalue weighted by molar-refractivity contribution is 0.260. The Kier molecular flexibility index (Phi) is 6.52. The van der Waals surface area contributed by atoms with Crippen molar-refractivity contribution in [1.82, 2.24) is 20.1 Å². The van der Waals surface area contributed by atoms with Crippen molar-refractivity contribution >= 4 is 16.6 Å². The van der Waals surface area contributed by atoms with Gasteiger partial charge in [-0.15, -0.1) is 0 Å². The first kappa shape index (κ1) is 24.1. The number of rotatable bonds is 7. The number of H-pyrrole nitrogens is 2. The number of benzene rings is 3. The highest BCUT2D eigenvalue weighted by Crippen LogP contribution is 2.34. The summed E-state index contributed by atoms with van der Waals surface area (Å²) in [6.07, 6.45) is 5.73. The number of fused-ring (bicyclic) bond motifs is 2. The molecule has 0 radical (unpaired) electrons. The maximum atomic E-state index is 14.6. The molecule has 192 valence electrons. The van der Waals surface area contributed by atoms with E-state index in [0.29, 0.717) is 12.4 Å². The zero-order valence-electron chi connectivity index (χ0n) is 21.6. The van der Waals surface area contributed by atoms with Crippen molar-refractivity contribution in [2.45, 2.75) is 12.8 Å². The minimum atomic E-state index is -0.316. The Bertz CT molecular complexity index is 1620. The summed E-state index contributed by atoms with van der Waals surface area (Å²) in [4.78, 5) is 10.6. The van der Waals surface area contributed by atoms with Crippen molar-refractivity contribution < 1.29 is 9.13 Å². The molecule has 3 aromatic carbocycles. The fourth-order valence-corrected chi connectivity index (χ4v) is 5.06. The van der Waals surface area contributed by atoms with Crippen LogP contribution >= 0.6 is 0 Å². The number of likely N-dealkylation sites (N-methyl/N-ethyl adjacent to an activating group) is 1. The van der Waals surface area contributed by atoms with E-state index in [4.69, 9.17) is 9.73 Å². The van der Waals surface area contributed by atoms with Gasteiger partial charge in [0.2, 0.25) is 0 Å². The number of aliphatic imine (C=N–C) groups is 1. The third kappa shape index (κ3) is 4.85. The summed E-state index contributed by atoms with van der Waals surface area (Å²) in [5, 5.41) is 8.03. The standard InChI is InChI=1S/C31H30FN5O/c1-37(2)11-12-38-25-14-22(13-24(32)16-25)26-6-3-7-29-28(26)17-30(36-29)31-27-15-21(23-18-34-35-19-23)9-8-20(27)5-4-10-33-31/h3,6-9,13-19,36H,4-5,10-12H2,1-2H3,(H,34,35). The second-order valence-electron chi connectivity index (χ2n) is 9.97. The zero-order valence-corrected chi connectivity index (χ0v) is 21.6. The molecule has 1 aliphatic rings. The van der Waals surface area contributed by atoms with Gasteiger partial charge in [-0.25, -0.2) is 4.39 Å². The van der Waals surface area contributed by atoms with Gasteiger partial charge < -0.3 is 14.6 Å². The molecule has 0 amide bonds. The van der Waals surface area contributed by atoms with Crippen LogP contribution in [0.5, 0.6) is 5.75 Å². The quantitative estimate of drug-likeness (QED) is 0.280. The minimum absolute atomic E-state index is 0.316. The number of ether oxygens (including phenoxy) is 1. The van der Waals surface area contributed by atoms with Crippen molar-refractivity contribution in [1.29, 1.82) is 0 Å². The maximum absolute atomic E-state index is 14.6. The van der Waals surface area contributed by atoms with Gasteiger partial charge in [-0.1, -0.05) is 24.3 Å². The van der Waals surface area contributed by atoms with E-state index in [1.165, 1.54) is 11.6 Å². The van der Waals surface area contributed by atoms with Gasteiger partial charge in [0.05, 0.1) is 17.6 Å². The van der Waals surface area contributed by atoms with Crippen molar-refractivity contribution in [2.24, 2.45) is 4.99 Å². The number of hydrogen-bond acceptors (Lipinski definition) is 4. The van der Waals surface area contributed by atoms with Gasteiger partial charge in [-0.2, -0.15) is 5.10 Å². The third-order valence-corrected chi connectivity index (χ3v) is 6.98. The second-order valence-corrected chi connectivity index (χ2v) is 9.97. The number of aromatic nitrogens is 3. The molecule has 1 aliphatic heterocycles. The van der Waals surface area contributed by atoms with Crippen molar-refractivity contribution in [3.05, 3.63) is 95.7 Å². The number of nitrogens with zero attached hydrogens (tertiary/aromatic N) is 3. The molecule has 5 aromatic rings. The van der Waals surface area contributed by atoms with Gasteiger partial charge in [0.25, 0.3) is 0 Å². The molecular weight excluding hydrogens is 477 g/mol. The largest absolute Gasteiger partial charge is 0.492 e. The van der Waals surface area contributed by atoms with Crippen LogP contribution in [0.25, 0.3) is 33.2 Å². The van der Waals surface area contributed by atoms with Crippen LogP contribution < -0.4 is 4.74 Å². The number of hydrogen-bond donors (Lipinski definition) is 2. The molecule has 0 fully saturated rings. The molecule has 38 heavy (non-hydrogen) atoms. The summed E-state index contributed by atoms with van der Waals surface area (Å²) >= 11 is 0. The van der Waals surface area contributed by atoms with Gasteiger partial charge in [0, 0.05) is 47.4 Å². The lowest BCUT2D eigenvalue weighted by Crippen LogP contribution is -2.19. The second kappa shape index (κ2) is 10.3. The van der Waals surface area contributed by atoms with Gasteiger partial charge in [-0.05, 0) is 79.5 Å². The predicted molar refractivity (Wildman–Crippen MR) is 151 cm³/mol. The van der Waals surface area contributed by atoms with Crippen molar-refractivity contribution in [3.63, 3.8) is 0 Å². The highest BCUT2D eigenvalue weighted by atomic mass is 19.1. The minimum Gasteiger partial charge on any atom is -0.492 e. The molecule has 7 heteroatoms. The first-order chi connectivity index (χ1) is 18.5. The molecule has 3 heterocycles. The zero-order chi connectivity index (χ0) is 26.1. The van der Waals surface area contributed by atoms with Gasteiger partial charge in [-0.3, -0.25) is 10.1 Å². The van der Waals surface area contributed by atoms with Crippen LogP contribution in [-0.4, -0.2) is 59.6 Å². The van der Waals surface area contributed by atoms with Crippen LogP contribution in [0.15, 0.2) is 78.0 Å². The monoisotopic (exact) mass is 507 g/mol. The van der Waals surface area contributed by atoms with Gasteiger partial charge in [0.15, 0.2) is 0 Å². The van der Waals surface area contributed by atoms with E-state index in [0.717, 1.165) is 76.1 Å². The Morgan fingerprint density at radius 1 is 0.974 bits per heavy atom. The predicted octanol–water partition coefficient (Wildman–Crippen LogP) is 6.09. The summed E-state index contributed by atoms with van der Waals surface area (Å²) < 4.78 is 20.5. The average Bonchev–Trinajstić information content (AvgIpc) is 3.54. The Balaban J connectivity index is 1.40. The Labute approximate surface area is 221 Å². The van der Waals surface area contributed by atoms with Crippen LogP contribution in [0.2, 0.25) is 0 Å². The smallest absolute Gasteiger partial charge is 0.127 e. The first-order valence-corrected chi connectivity index (χ1v) is 12.9. The van der Waals surface area contributed by atoms with E-state index < -0.39 is 0 Å². The van der Waals surface area contributed by atoms with Gasteiger partial charge >= 0.3 is 0 Å². The molecule has 0 unspecified atom stereocenters. The van der Waals surface area contributed by atoms with E-state index in [-0.39, 0.29) is 5.82 Å². The van der Waals surface area contributed by atoms with Crippen LogP contribution in [0.3, 0.4) is 0 Å².